The summed E-state index contributed by atoms with van der Waals surface area (Å²) >= 11 is 5.81. The van der Waals surface area contributed by atoms with Crippen molar-refractivity contribution in [2.24, 2.45) is 16.5 Å². The predicted octanol–water partition coefficient (Wildman–Crippen LogP) is 0.964. The van der Waals surface area contributed by atoms with Crippen LogP contribution in [0.1, 0.15) is 12.0 Å². The maximum Gasteiger partial charge on any atom is 0.326 e. The highest BCUT2D eigenvalue weighted by molar-refractivity contribution is 6.30. The number of hydrogen-bond acceptors (Lipinski definition) is 6. The zero-order valence-corrected chi connectivity index (χ0v) is 11.3. The van der Waals surface area contributed by atoms with E-state index in [1.54, 1.807) is 12.1 Å². The Bertz CT molecular complexity index is 584. The van der Waals surface area contributed by atoms with Crippen LogP contribution in [0, 0.1) is 10.1 Å². The van der Waals surface area contributed by atoms with Gasteiger partial charge in [-0.3, -0.25) is 15.8 Å². The van der Waals surface area contributed by atoms with E-state index in [0.717, 1.165) is 5.56 Å². The van der Waals surface area contributed by atoms with Gasteiger partial charge in [0.05, 0.1) is 11.1 Å². The molecule has 1 aromatic rings. The van der Waals surface area contributed by atoms with Crippen LogP contribution in [0.2, 0.25) is 5.02 Å². The third-order valence-corrected chi connectivity index (χ3v) is 3.20. The SMILES string of the molecule is NC1=NC(N)(CCc2ccc(Cl)cc2)NC=C1[N+](=O)[O-]. The van der Waals surface area contributed by atoms with Crippen molar-refractivity contribution in [3.63, 3.8) is 0 Å². The van der Waals surface area contributed by atoms with Crippen molar-refractivity contribution in [3.05, 3.63) is 56.9 Å². The lowest BCUT2D eigenvalue weighted by molar-refractivity contribution is -0.416. The van der Waals surface area contributed by atoms with Gasteiger partial charge in [0.2, 0.25) is 5.84 Å². The van der Waals surface area contributed by atoms with Crippen LogP contribution >= 0.6 is 11.6 Å². The van der Waals surface area contributed by atoms with Gasteiger partial charge in [-0.05, 0) is 24.1 Å². The average molecular weight is 296 g/mol. The molecule has 106 valence electrons. The summed E-state index contributed by atoms with van der Waals surface area (Å²) in [5.41, 5.74) is 12.3. The second-order valence-corrected chi connectivity index (χ2v) is 4.92. The van der Waals surface area contributed by atoms with Gasteiger partial charge in [0.25, 0.3) is 0 Å². The molecule has 1 aliphatic rings. The normalized spacial score (nSPS) is 21.7. The monoisotopic (exact) mass is 295 g/mol. The minimum absolute atomic E-state index is 0.174. The number of rotatable bonds is 4. The minimum Gasteiger partial charge on any atom is -0.378 e. The summed E-state index contributed by atoms with van der Waals surface area (Å²) in [6.07, 6.45) is 2.26. The summed E-state index contributed by atoms with van der Waals surface area (Å²) < 4.78 is 0. The lowest BCUT2D eigenvalue weighted by Gasteiger charge is -2.28. The molecular weight excluding hydrogens is 282 g/mol. The molecule has 0 saturated heterocycles. The molecule has 1 atom stereocenters. The fourth-order valence-electron chi connectivity index (χ4n) is 1.83. The Morgan fingerprint density at radius 3 is 2.60 bits per heavy atom. The zero-order chi connectivity index (χ0) is 14.8. The smallest absolute Gasteiger partial charge is 0.326 e. The van der Waals surface area contributed by atoms with Crippen LogP contribution in [-0.4, -0.2) is 16.5 Å². The summed E-state index contributed by atoms with van der Waals surface area (Å²) in [4.78, 5) is 14.0. The maximum atomic E-state index is 10.7. The Kier molecular flexibility index (Phi) is 3.91. The van der Waals surface area contributed by atoms with Gasteiger partial charge in [0.1, 0.15) is 0 Å². The van der Waals surface area contributed by atoms with E-state index in [1.807, 2.05) is 12.1 Å². The summed E-state index contributed by atoms with van der Waals surface area (Å²) in [6.45, 7) is 0. The van der Waals surface area contributed by atoms with Crippen LogP contribution < -0.4 is 16.8 Å². The highest BCUT2D eigenvalue weighted by Gasteiger charge is 2.31. The maximum absolute atomic E-state index is 10.7. The molecule has 20 heavy (non-hydrogen) atoms. The fraction of sp³-hybridized carbons (Fsp3) is 0.250. The van der Waals surface area contributed by atoms with Gasteiger partial charge >= 0.3 is 5.70 Å². The Morgan fingerprint density at radius 1 is 1.40 bits per heavy atom. The first-order chi connectivity index (χ1) is 9.39. The molecule has 1 aliphatic heterocycles. The number of aliphatic imine (C=N–C) groups is 1. The van der Waals surface area contributed by atoms with E-state index in [9.17, 15) is 10.1 Å². The number of hydrogen-bond donors (Lipinski definition) is 3. The van der Waals surface area contributed by atoms with Crippen molar-refractivity contribution >= 4 is 17.4 Å². The summed E-state index contributed by atoms with van der Waals surface area (Å²) in [7, 11) is 0. The van der Waals surface area contributed by atoms with E-state index >= 15 is 0 Å². The summed E-state index contributed by atoms with van der Waals surface area (Å²) in [6, 6.07) is 7.35. The molecule has 0 aliphatic carbocycles. The highest BCUT2D eigenvalue weighted by atomic mass is 35.5. The first-order valence-electron chi connectivity index (χ1n) is 5.91. The molecule has 8 heteroatoms. The van der Waals surface area contributed by atoms with Crippen LogP contribution in [0.25, 0.3) is 0 Å². The molecule has 1 heterocycles. The number of nitrogens with one attached hydrogen (secondary N) is 1. The van der Waals surface area contributed by atoms with Crippen molar-refractivity contribution in [2.45, 2.75) is 18.6 Å². The van der Waals surface area contributed by atoms with E-state index in [0.29, 0.717) is 17.9 Å². The number of amidine groups is 1. The topological polar surface area (TPSA) is 120 Å². The molecule has 0 radical (unpaired) electrons. The Labute approximate surface area is 120 Å². The van der Waals surface area contributed by atoms with Gasteiger partial charge < -0.3 is 11.1 Å². The molecule has 0 aromatic heterocycles. The number of nitrogens with zero attached hydrogens (tertiary/aromatic N) is 2. The van der Waals surface area contributed by atoms with Gasteiger partial charge in [-0.1, -0.05) is 23.7 Å². The number of nitro groups is 1. The molecule has 7 nitrogen and oxygen atoms in total. The molecule has 0 amide bonds. The predicted molar refractivity (Wildman–Crippen MR) is 76.5 cm³/mol. The summed E-state index contributed by atoms with van der Waals surface area (Å²) in [5, 5.41) is 14.0. The Hall–Kier alpha value is -2.12. The Balaban J connectivity index is 2.03. The van der Waals surface area contributed by atoms with E-state index < -0.39 is 10.7 Å². The molecule has 0 fully saturated rings. The molecule has 1 unspecified atom stereocenters. The van der Waals surface area contributed by atoms with Crippen LogP contribution in [0.5, 0.6) is 0 Å². The molecule has 0 saturated carbocycles. The highest BCUT2D eigenvalue weighted by Crippen LogP contribution is 2.17. The first kappa shape index (κ1) is 14.3. The van der Waals surface area contributed by atoms with E-state index in [1.165, 1.54) is 6.20 Å². The number of nitrogens with two attached hydrogens (primary N) is 2. The van der Waals surface area contributed by atoms with Crippen LogP contribution in [-0.2, 0) is 6.42 Å². The summed E-state index contributed by atoms with van der Waals surface area (Å²) in [5.74, 6) is -1.31. The van der Waals surface area contributed by atoms with Crippen LogP contribution in [0.4, 0.5) is 0 Å². The minimum atomic E-state index is -1.14. The van der Waals surface area contributed by atoms with Crippen molar-refractivity contribution < 1.29 is 4.92 Å². The van der Waals surface area contributed by atoms with Gasteiger partial charge in [-0.25, -0.2) is 4.99 Å². The second-order valence-electron chi connectivity index (χ2n) is 4.48. The molecule has 0 spiro atoms. The molecule has 0 bridgehead atoms. The van der Waals surface area contributed by atoms with Gasteiger partial charge in [0.15, 0.2) is 5.79 Å². The number of halogens is 1. The van der Waals surface area contributed by atoms with Gasteiger partial charge in [-0.2, -0.15) is 0 Å². The zero-order valence-electron chi connectivity index (χ0n) is 10.5. The van der Waals surface area contributed by atoms with Crippen LogP contribution in [0.15, 0.2) is 41.2 Å². The third-order valence-electron chi connectivity index (χ3n) is 2.95. The standard InChI is InChI=1S/C12H14ClN5O2/c13-9-3-1-8(2-4-9)5-6-12(15)16-7-10(18(19)20)11(14)17-12/h1-4,7,16H,5-6,15H2,(H2,14,17). The number of aryl methyl sites for hydroxylation is 1. The van der Waals surface area contributed by atoms with Gasteiger partial charge in [-0.15, -0.1) is 0 Å². The van der Waals surface area contributed by atoms with Gasteiger partial charge in [0, 0.05) is 11.4 Å². The third kappa shape index (κ3) is 3.25. The van der Waals surface area contributed by atoms with Crippen molar-refractivity contribution in [1.82, 2.24) is 5.32 Å². The van der Waals surface area contributed by atoms with Crippen molar-refractivity contribution in [3.8, 4) is 0 Å². The van der Waals surface area contributed by atoms with E-state index in [-0.39, 0.29) is 11.5 Å². The fourth-order valence-corrected chi connectivity index (χ4v) is 1.96. The molecular formula is C12H14ClN5O2. The Morgan fingerprint density at radius 2 is 2.05 bits per heavy atom. The van der Waals surface area contributed by atoms with Crippen molar-refractivity contribution in [2.75, 3.05) is 0 Å². The van der Waals surface area contributed by atoms with E-state index in [2.05, 4.69) is 10.3 Å². The lowest BCUT2D eigenvalue weighted by atomic mass is 10.1. The lowest BCUT2D eigenvalue weighted by Crippen LogP contribution is -2.54. The quantitative estimate of drug-likeness (QED) is 0.564. The van der Waals surface area contributed by atoms with Crippen molar-refractivity contribution in [1.29, 1.82) is 0 Å². The van der Waals surface area contributed by atoms with E-state index in [4.69, 9.17) is 23.1 Å². The van der Waals surface area contributed by atoms with Crippen LogP contribution in [0.3, 0.4) is 0 Å². The molecule has 2 rings (SSSR count). The first-order valence-corrected chi connectivity index (χ1v) is 6.29. The number of benzene rings is 1. The average Bonchev–Trinajstić information content (AvgIpc) is 2.37. The largest absolute Gasteiger partial charge is 0.378 e. The molecule has 5 N–H and O–H groups in total. The second kappa shape index (κ2) is 5.48. The molecule has 1 aromatic carbocycles.